The lowest BCUT2D eigenvalue weighted by Crippen LogP contribution is -2.20. The number of hydrogen-bond acceptors (Lipinski definition) is 4. The zero-order valence-electron chi connectivity index (χ0n) is 13.9. The maximum Gasteiger partial charge on any atom is 0.399 e. The summed E-state index contributed by atoms with van der Waals surface area (Å²) in [6.45, 7) is 3.17. The van der Waals surface area contributed by atoms with Crippen LogP contribution in [-0.2, 0) is 13.6 Å². The van der Waals surface area contributed by atoms with Crippen molar-refractivity contribution in [2.24, 2.45) is 0 Å². The Morgan fingerprint density at radius 3 is 1.68 bits per heavy atom. The second kappa shape index (κ2) is 12.4. The fraction of sp³-hybridized carbons (Fsp3) is 1.00. The normalized spacial score (nSPS) is 12.8. The van der Waals surface area contributed by atoms with E-state index in [4.69, 9.17) is 14.2 Å². The van der Waals surface area contributed by atoms with Gasteiger partial charge in [0, 0.05) is 13.0 Å². The van der Waals surface area contributed by atoms with Crippen molar-refractivity contribution in [2.45, 2.75) is 77.3 Å². The van der Waals surface area contributed by atoms with Crippen molar-refractivity contribution in [2.75, 3.05) is 19.8 Å². The number of aliphatic hydroxyl groups excluding tert-OH is 1. The molecule has 0 spiro atoms. The van der Waals surface area contributed by atoms with Crippen molar-refractivity contribution in [1.82, 2.24) is 0 Å². The average molecular weight is 344 g/mol. The number of rotatable bonds is 15. The molecule has 0 aromatic heterocycles. The second-order valence-corrected chi connectivity index (χ2v) is 7.47. The van der Waals surface area contributed by atoms with Gasteiger partial charge in [-0.15, -0.1) is 0 Å². The second-order valence-electron chi connectivity index (χ2n) is 5.30. The Kier molecular flexibility index (Phi) is 12.4. The third kappa shape index (κ3) is 8.56. The molecule has 0 rings (SSSR count). The van der Waals surface area contributed by atoms with Crippen molar-refractivity contribution < 1.29 is 27.5 Å². The number of halogens is 2. The van der Waals surface area contributed by atoms with Gasteiger partial charge >= 0.3 is 13.3 Å². The molecule has 0 aliphatic heterocycles. The lowest BCUT2D eigenvalue weighted by atomic mass is 10.1. The highest BCUT2D eigenvalue weighted by molar-refractivity contribution is 7.55. The molecule has 0 saturated heterocycles. The van der Waals surface area contributed by atoms with Gasteiger partial charge in [-0.3, -0.25) is 4.57 Å². The lowest BCUT2D eigenvalue weighted by Gasteiger charge is -2.25. The Bertz CT molecular complexity index is 304. The fourth-order valence-corrected chi connectivity index (χ4v) is 3.78. The van der Waals surface area contributed by atoms with Gasteiger partial charge in [0.05, 0.1) is 13.2 Å². The molecule has 0 unspecified atom stereocenters. The molecular weight excluding hydrogens is 313 g/mol. The first-order chi connectivity index (χ1) is 10.4. The SMILES string of the molecule is CCOP(=O)(OCC)C(F)(F)CCCCCCCCCCO. The third-order valence-electron chi connectivity index (χ3n) is 3.38. The zero-order chi connectivity index (χ0) is 16.9. The van der Waals surface area contributed by atoms with E-state index in [1.807, 2.05) is 0 Å². The van der Waals surface area contributed by atoms with Gasteiger partial charge in [0.2, 0.25) is 0 Å². The van der Waals surface area contributed by atoms with Gasteiger partial charge in [-0.05, 0) is 26.7 Å². The van der Waals surface area contributed by atoms with Crippen LogP contribution in [0, 0.1) is 0 Å². The molecule has 0 atom stereocenters. The third-order valence-corrected chi connectivity index (χ3v) is 5.61. The summed E-state index contributed by atoms with van der Waals surface area (Å²) in [5, 5.41) is 8.64. The van der Waals surface area contributed by atoms with Gasteiger partial charge < -0.3 is 14.2 Å². The lowest BCUT2D eigenvalue weighted by molar-refractivity contribution is 0.0294. The molecule has 0 aliphatic rings. The summed E-state index contributed by atoms with van der Waals surface area (Å²) in [7, 11) is -4.35. The molecule has 7 heteroatoms. The first-order valence-corrected chi connectivity index (χ1v) is 9.85. The van der Waals surface area contributed by atoms with E-state index in [0.29, 0.717) is 12.8 Å². The Morgan fingerprint density at radius 2 is 1.27 bits per heavy atom. The predicted octanol–water partition coefficient (Wildman–Crippen LogP) is 5.35. The number of aliphatic hydroxyl groups is 1. The van der Waals surface area contributed by atoms with Crippen LogP contribution in [0.25, 0.3) is 0 Å². The van der Waals surface area contributed by atoms with E-state index in [9.17, 15) is 13.3 Å². The van der Waals surface area contributed by atoms with Crippen molar-refractivity contribution in [1.29, 1.82) is 0 Å². The van der Waals surface area contributed by atoms with E-state index in [-0.39, 0.29) is 19.8 Å². The van der Waals surface area contributed by atoms with Gasteiger partial charge in [0.15, 0.2) is 0 Å². The van der Waals surface area contributed by atoms with E-state index in [0.717, 1.165) is 38.5 Å². The molecule has 0 aliphatic carbocycles. The van der Waals surface area contributed by atoms with E-state index in [1.165, 1.54) is 13.8 Å². The summed E-state index contributed by atoms with van der Waals surface area (Å²) in [6.07, 6.45) is 6.41. The first-order valence-electron chi connectivity index (χ1n) is 8.31. The molecule has 4 nitrogen and oxygen atoms in total. The summed E-state index contributed by atoms with van der Waals surface area (Å²) in [5.74, 6) is 0. The summed E-state index contributed by atoms with van der Waals surface area (Å²) < 4.78 is 49.6. The standard InChI is InChI=1S/C15H31F2O4P/c1-3-20-22(19,21-4-2)15(16,17)13-11-9-7-5-6-8-10-12-14-18/h18H,3-14H2,1-2H3. The Balaban J connectivity index is 3.93. The van der Waals surface area contributed by atoms with E-state index >= 15 is 0 Å². The smallest absolute Gasteiger partial charge is 0.396 e. The monoisotopic (exact) mass is 344 g/mol. The van der Waals surface area contributed by atoms with Crippen LogP contribution in [0.1, 0.15) is 71.6 Å². The molecule has 0 bridgehead atoms. The maximum atomic E-state index is 14.0. The molecule has 0 fully saturated rings. The summed E-state index contributed by atoms with van der Waals surface area (Å²) in [4.78, 5) is 0. The molecule has 0 aromatic carbocycles. The van der Waals surface area contributed by atoms with E-state index in [2.05, 4.69) is 0 Å². The van der Waals surface area contributed by atoms with Gasteiger partial charge in [0.25, 0.3) is 0 Å². The van der Waals surface area contributed by atoms with Crippen LogP contribution in [0.4, 0.5) is 8.78 Å². The summed E-state index contributed by atoms with van der Waals surface area (Å²) in [5.41, 5.74) is -3.42. The minimum atomic E-state index is -4.35. The number of alkyl halides is 2. The average Bonchev–Trinajstić information content (AvgIpc) is 2.46. The number of unbranched alkanes of at least 4 members (excludes halogenated alkanes) is 7. The van der Waals surface area contributed by atoms with Crippen LogP contribution in [0.5, 0.6) is 0 Å². The topological polar surface area (TPSA) is 55.8 Å². The van der Waals surface area contributed by atoms with Crippen LogP contribution in [0.15, 0.2) is 0 Å². The maximum absolute atomic E-state index is 14.0. The molecule has 22 heavy (non-hydrogen) atoms. The molecular formula is C15H31F2O4P. The minimum absolute atomic E-state index is 0.0549. The summed E-state index contributed by atoms with van der Waals surface area (Å²) in [6, 6.07) is 0. The predicted molar refractivity (Wildman–Crippen MR) is 84.4 cm³/mol. The highest BCUT2D eigenvalue weighted by atomic mass is 31.2. The van der Waals surface area contributed by atoms with E-state index in [1.54, 1.807) is 0 Å². The molecule has 1 N–H and O–H groups in total. The molecule has 0 amide bonds. The van der Waals surface area contributed by atoms with Crippen LogP contribution in [0.2, 0.25) is 0 Å². The minimum Gasteiger partial charge on any atom is -0.396 e. The Morgan fingerprint density at radius 1 is 0.864 bits per heavy atom. The Labute approximate surface area is 133 Å². The van der Waals surface area contributed by atoms with Gasteiger partial charge in [-0.25, -0.2) is 0 Å². The first kappa shape index (κ1) is 22.0. The quantitative estimate of drug-likeness (QED) is 0.321. The number of hydrogen-bond donors (Lipinski definition) is 1. The van der Waals surface area contributed by atoms with Crippen molar-refractivity contribution in [3.05, 3.63) is 0 Å². The van der Waals surface area contributed by atoms with Crippen molar-refractivity contribution in [3.63, 3.8) is 0 Å². The Hall–Kier alpha value is -0.0300. The molecule has 0 heterocycles. The highest BCUT2D eigenvalue weighted by Crippen LogP contribution is 2.63. The van der Waals surface area contributed by atoms with E-state index < -0.39 is 19.7 Å². The van der Waals surface area contributed by atoms with Crippen LogP contribution < -0.4 is 0 Å². The zero-order valence-corrected chi connectivity index (χ0v) is 14.8. The fourth-order valence-electron chi connectivity index (χ4n) is 2.21. The molecule has 0 saturated carbocycles. The van der Waals surface area contributed by atoms with Crippen molar-refractivity contribution in [3.8, 4) is 0 Å². The van der Waals surface area contributed by atoms with Gasteiger partial charge in [0.1, 0.15) is 0 Å². The molecule has 0 aromatic rings. The van der Waals surface area contributed by atoms with Crippen LogP contribution in [0.3, 0.4) is 0 Å². The van der Waals surface area contributed by atoms with Gasteiger partial charge in [-0.2, -0.15) is 8.78 Å². The molecule has 0 radical (unpaired) electrons. The van der Waals surface area contributed by atoms with Crippen molar-refractivity contribution >= 4 is 7.60 Å². The summed E-state index contributed by atoms with van der Waals surface area (Å²) >= 11 is 0. The molecule has 134 valence electrons. The van der Waals surface area contributed by atoms with Gasteiger partial charge in [-0.1, -0.05) is 38.5 Å². The van der Waals surface area contributed by atoms with Crippen LogP contribution >= 0.6 is 7.60 Å². The largest absolute Gasteiger partial charge is 0.399 e. The highest BCUT2D eigenvalue weighted by Gasteiger charge is 2.52. The van der Waals surface area contributed by atoms with Crippen LogP contribution in [-0.4, -0.2) is 30.6 Å².